The van der Waals surface area contributed by atoms with Crippen molar-refractivity contribution < 1.29 is 9.66 Å². The predicted molar refractivity (Wildman–Crippen MR) is 80.9 cm³/mol. The first-order valence-electron chi connectivity index (χ1n) is 6.82. The smallest absolute Gasteiger partial charge is 0.275 e. The number of non-ortho nitro benzene ring substituents is 1. The number of methoxy groups -OCH3 is 1. The maximum absolute atomic E-state index is 11.0. The molecule has 3 rings (SSSR count). The first-order valence-corrected chi connectivity index (χ1v) is 6.82. The molecule has 1 aliphatic rings. The van der Waals surface area contributed by atoms with E-state index in [1.54, 1.807) is 12.1 Å². The van der Waals surface area contributed by atoms with Gasteiger partial charge in [0.25, 0.3) is 5.69 Å². The largest absolute Gasteiger partial charge is 0.496 e. The van der Waals surface area contributed by atoms with Gasteiger partial charge < -0.3 is 10.1 Å². The fraction of sp³-hybridized carbons (Fsp3) is 0.250. The van der Waals surface area contributed by atoms with Crippen molar-refractivity contribution in [3.63, 3.8) is 0 Å². The Hall–Kier alpha value is -2.56. The van der Waals surface area contributed by atoms with E-state index in [1.165, 1.54) is 24.3 Å². The highest BCUT2D eigenvalue weighted by atomic mass is 16.6. The number of rotatable bonds is 4. The van der Waals surface area contributed by atoms with Gasteiger partial charge in [0.1, 0.15) is 5.75 Å². The maximum Gasteiger partial charge on any atom is 0.275 e. The Labute approximate surface area is 122 Å². The van der Waals surface area contributed by atoms with Gasteiger partial charge in [-0.3, -0.25) is 10.1 Å². The van der Waals surface area contributed by atoms with E-state index in [0.29, 0.717) is 5.75 Å². The third-order valence-electron chi connectivity index (χ3n) is 3.76. The van der Waals surface area contributed by atoms with Crippen LogP contribution in [0.1, 0.15) is 11.1 Å². The summed E-state index contributed by atoms with van der Waals surface area (Å²) < 4.78 is 5.13. The lowest BCUT2D eigenvalue weighted by molar-refractivity contribution is -0.384. The van der Waals surface area contributed by atoms with E-state index in [9.17, 15) is 10.1 Å². The highest BCUT2D eigenvalue weighted by Gasteiger charge is 2.21. The summed E-state index contributed by atoms with van der Waals surface area (Å²) in [6.07, 6.45) is 1.86. The molecule has 0 bridgehead atoms. The summed E-state index contributed by atoms with van der Waals surface area (Å²) in [6, 6.07) is 13.4. The molecular formula is C16H16N2O3. The van der Waals surface area contributed by atoms with Crippen LogP contribution in [-0.2, 0) is 12.8 Å². The van der Waals surface area contributed by atoms with Crippen LogP contribution in [0.3, 0.4) is 0 Å². The zero-order valence-electron chi connectivity index (χ0n) is 11.7. The van der Waals surface area contributed by atoms with E-state index < -0.39 is 4.92 Å². The molecule has 0 fully saturated rings. The monoisotopic (exact) mass is 284 g/mol. The summed E-state index contributed by atoms with van der Waals surface area (Å²) in [5.74, 6) is 0.488. The number of hydrogen-bond acceptors (Lipinski definition) is 4. The number of nitrogens with one attached hydrogen (secondary N) is 1. The Bertz CT molecular complexity index is 660. The summed E-state index contributed by atoms with van der Waals surface area (Å²) in [5, 5.41) is 14.3. The lowest BCUT2D eigenvalue weighted by Gasteiger charge is -2.14. The number of hydrogen-bond donors (Lipinski definition) is 1. The van der Waals surface area contributed by atoms with Crippen molar-refractivity contribution in [1.29, 1.82) is 0 Å². The van der Waals surface area contributed by atoms with Gasteiger partial charge in [0.05, 0.1) is 18.1 Å². The highest BCUT2D eigenvalue weighted by Crippen LogP contribution is 2.29. The molecule has 0 amide bonds. The van der Waals surface area contributed by atoms with Crippen LogP contribution in [0.2, 0.25) is 0 Å². The minimum Gasteiger partial charge on any atom is -0.496 e. The van der Waals surface area contributed by atoms with Crippen LogP contribution in [0.15, 0.2) is 42.5 Å². The highest BCUT2D eigenvalue weighted by molar-refractivity contribution is 5.57. The Morgan fingerprint density at radius 1 is 1.19 bits per heavy atom. The molecule has 2 aromatic carbocycles. The lowest BCUT2D eigenvalue weighted by Crippen LogP contribution is -2.19. The molecule has 108 valence electrons. The molecule has 0 radical (unpaired) electrons. The van der Waals surface area contributed by atoms with E-state index in [0.717, 1.165) is 18.5 Å². The fourth-order valence-electron chi connectivity index (χ4n) is 2.79. The summed E-state index contributed by atoms with van der Waals surface area (Å²) in [4.78, 5) is 10.6. The van der Waals surface area contributed by atoms with Gasteiger partial charge in [0.2, 0.25) is 0 Å². The molecule has 1 N–H and O–H groups in total. The van der Waals surface area contributed by atoms with Crippen molar-refractivity contribution in [3.8, 4) is 5.75 Å². The van der Waals surface area contributed by atoms with Crippen LogP contribution >= 0.6 is 0 Å². The van der Waals surface area contributed by atoms with E-state index in [4.69, 9.17) is 4.74 Å². The van der Waals surface area contributed by atoms with Gasteiger partial charge in [-0.05, 0) is 24.0 Å². The molecule has 0 saturated heterocycles. The van der Waals surface area contributed by atoms with Crippen LogP contribution in [0.5, 0.6) is 5.75 Å². The summed E-state index contributed by atoms with van der Waals surface area (Å²) in [7, 11) is 1.51. The number of nitro benzene ring substituents is 1. The van der Waals surface area contributed by atoms with Crippen molar-refractivity contribution in [3.05, 3.63) is 63.7 Å². The van der Waals surface area contributed by atoms with Crippen LogP contribution in [0.25, 0.3) is 0 Å². The van der Waals surface area contributed by atoms with Gasteiger partial charge in [-0.1, -0.05) is 24.3 Å². The number of nitro groups is 1. The normalized spacial score (nSPS) is 13.8. The summed E-state index contributed by atoms with van der Waals surface area (Å²) in [5.41, 5.74) is 3.44. The number of fused-ring (bicyclic) bond motifs is 1. The predicted octanol–water partition coefficient (Wildman–Crippen LogP) is 3.18. The van der Waals surface area contributed by atoms with Crippen molar-refractivity contribution in [1.82, 2.24) is 0 Å². The Balaban J connectivity index is 1.80. The second kappa shape index (κ2) is 5.44. The quantitative estimate of drug-likeness (QED) is 0.691. The number of nitrogens with zero attached hydrogens (tertiary/aromatic N) is 1. The minimum atomic E-state index is -0.406. The molecule has 21 heavy (non-hydrogen) atoms. The topological polar surface area (TPSA) is 64.4 Å². The molecule has 0 spiro atoms. The van der Waals surface area contributed by atoms with Gasteiger partial charge >= 0.3 is 0 Å². The third kappa shape index (κ3) is 2.81. The molecule has 0 saturated carbocycles. The number of anilines is 1. The molecule has 0 heterocycles. The molecule has 0 unspecified atom stereocenters. The zero-order valence-corrected chi connectivity index (χ0v) is 11.7. The Kier molecular flexibility index (Phi) is 3.48. The Morgan fingerprint density at radius 3 is 2.43 bits per heavy atom. The van der Waals surface area contributed by atoms with E-state index >= 15 is 0 Å². The van der Waals surface area contributed by atoms with Crippen molar-refractivity contribution in [2.45, 2.75) is 18.9 Å². The van der Waals surface area contributed by atoms with Crippen molar-refractivity contribution >= 4 is 11.4 Å². The second-order valence-corrected chi connectivity index (χ2v) is 5.20. The second-order valence-electron chi connectivity index (χ2n) is 5.20. The van der Waals surface area contributed by atoms with Gasteiger partial charge in [-0.2, -0.15) is 0 Å². The summed E-state index contributed by atoms with van der Waals surface area (Å²) >= 11 is 0. The zero-order chi connectivity index (χ0) is 14.8. The number of benzene rings is 2. The average molecular weight is 284 g/mol. The summed E-state index contributed by atoms with van der Waals surface area (Å²) in [6.45, 7) is 0. The van der Waals surface area contributed by atoms with Crippen LogP contribution < -0.4 is 10.1 Å². The molecular weight excluding hydrogens is 268 g/mol. The molecule has 5 heteroatoms. The van der Waals surface area contributed by atoms with Gasteiger partial charge in [0, 0.05) is 23.9 Å². The average Bonchev–Trinajstić information content (AvgIpc) is 2.88. The molecule has 5 nitrogen and oxygen atoms in total. The van der Waals surface area contributed by atoms with E-state index in [-0.39, 0.29) is 11.7 Å². The first-order chi connectivity index (χ1) is 10.2. The van der Waals surface area contributed by atoms with Crippen molar-refractivity contribution in [2.24, 2.45) is 0 Å². The van der Waals surface area contributed by atoms with E-state index in [2.05, 4.69) is 17.4 Å². The van der Waals surface area contributed by atoms with Crippen molar-refractivity contribution in [2.75, 3.05) is 12.4 Å². The maximum atomic E-state index is 11.0. The SMILES string of the molecule is COc1cc(NC2Cc3ccccc3C2)cc([N+](=O)[O-])c1. The van der Waals surface area contributed by atoms with Crippen LogP contribution in [0.4, 0.5) is 11.4 Å². The first kappa shape index (κ1) is 13.4. The van der Waals surface area contributed by atoms with E-state index in [1.807, 2.05) is 12.1 Å². The molecule has 0 aliphatic heterocycles. The lowest BCUT2D eigenvalue weighted by atomic mass is 10.1. The molecule has 0 aromatic heterocycles. The minimum absolute atomic E-state index is 0.0346. The van der Waals surface area contributed by atoms with Gasteiger partial charge in [0.15, 0.2) is 0 Å². The fourth-order valence-corrected chi connectivity index (χ4v) is 2.79. The third-order valence-corrected chi connectivity index (χ3v) is 3.76. The Morgan fingerprint density at radius 2 is 1.86 bits per heavy atom. The van der Waals surface area contributed by atoms with Crippen LogP contribution in [-0.4, -0.2) is 18.1 Å². The molecule has 1 aliphatic carbocycles. The number of ether oxygens (including phenoxy) is 1. The standard InChI is InChI=1S/C16H16N2O3/c1-21-16-9-14(8-15(10-16)18(19)20)17-13-6-11-4-2-3-5-12(11)7-13/h2-5,8-10,13,17H,6-7H2,1H3. The molecule has 0 atom stereocenters. The molecule has 2 aromatic rings. The van der Waals surface area contributed by atoms with Crippen LogP contribution in [0, 0.1) is 10.1 Å². The van der Waals surface area contributed by atoms with Gasteiger partial charge in [-0.25, -0.2) is 0 Å². The van der Waals surface area contributed by atoms with Gasteiger partial charge in [-0.15, -0.1) is 0 Å².